The Hall–Kier alpha value is -1.26. The molecule has 1 aliphatic rings. The Kier molecular flexibility index (Phi) is 3.69. The van der Waals surface area contributed by atoms with E-state index in [2.05, 4.69) is 10.6 Å². The first-order chi connectivity index (χ1) is 7.65. The molecule has 0 atom stereocenters. The first-order valence-electron chi connectivity index (χ1n) is 5.94. The van der Waals surface area contributed by atoms with Gasteiger partial charge in [0.15, 0.2) is 0 Å². The normalized spacial score (nSPS) is 16.5. The van der Waals surface area contributed by atoms with E-state index in [0.29, 0.717) is 5.92 Å². The van der Waals surface area contributed by atoms with Crippen LogP contribution in [0.4, 0.5) is 4.79 Å². The van der Waals surface area contributed by atoms with Crippen molar-refractivity contribution in [3.8, 4) is 0 Å². The minimum Gasteiger partial charge on any atom is -0.481 e. The fraction of sp³-hybridized carbons (Fsp3) is 0.833. The van der Waals surface area contributed by atoms with Crippen LogP contribution in [-0.4, -0.2) is 29.2 Å². The van der Waals surface area contributed by atoms with E-state index in [1.807, 2.05) is 13.8 Å². The van der Waals surface area contributed by atoms with E-state index in [9.17, 15) is 9.59 Å². The zero-order valence-electron chi connectivity index (χ0n) is 11.0. The van der Waals surface area contributed by atoms with Gasteiger partial charge in [0.2, 0.25) is 0 Å². The average Bonchev–Trinajstić information content (AvgIpc) is 2.97. The second kappa shape index (κ2) is 4.55. The van der Waals surface area contributed by atoms with E-state index in [0.717, 1.165) is 12.8 Å². The molecule has 5 nitrogen and oxygen atoms in total. The molecule has 98 valence electrons. The standard InChI is InChI=1S/C12H22N2O3/c1-11(2,9(15)16)7-13-10(17)14-12(3,4)8-5-6-8/h8H,5-7H2,1-4H3,(H,15,16)(H2,13,14,17). The smallest absolute Gasteiger partial charge is 0.315 e. The van der Waals surface area contributed by atoms with Crippen LogP contribution in [0.3, 0.4) is 0 Å². The van der Waals surface area contributed by atoms with Crippen LogP contribution >= 0.6 is 0 Å². The second-order valence-corrected chi connectivity index (χ2v) is 5.99. The molecule has 0 aromatic heterocycles. The van der Waals surface area contributed by atoms with Crippen LogP contribution in [0.2, 0.25) is 0 Å². The molecule has 1 saturated carbocycles. The zero-order chi connectivity index (χ0) is 13.3. The summed E-state index contributed by atoms with van der Waals surface area (Å²) in [4.78, 5) is 22.5. The van der Waals surface area contributed by atoms with Crippen LogP contribution in [0, 0.1) is 11.3 Å². The monoisotopic (exact) mass is 242 g/mol. The predicted molar refractivity (Wildman–Crippen MR) is 64.8 cm³/mol. The van der Waals surface area contributed by atoms with Crippen LogP contribution in [-0.2, 0) is 4.79 Å². The Bertz CT molecular complexity index is 320. The van der Waals surface area contributed by atoms with Crippen molar-refractivity contribution in [2.24, 2.45) is 11.3 Å². The van der Waals surface area contributed by atoms with Crippen molar-refractivity contribution in [1.29, 1.82) is 0 Å². The molecule has 17 heavy (non-hydrogen) atoms. The van der Waals surface area contributed by atoms with Gasteiger partial charge >= 0.3 is 12.0 Å². The number of amides is 2. The van der Waals surface area contributed by atoms with Crippen molar-refractivity contribution in [2.75, 3.05) is 6.54 Å². The minimum absolute atomic E-state index is 0.120. The quantitative estimate of drug-likeness (QED) is 0.685. The number of carboxylic acids is 1. The third kappa shape index (κ3) is 3.91. The number of carbonyl (C=O) groups excluding carboxylic acids is 1. The highest BCUT2D eigenvalue weighted by atomic mass is 16.4. The van der Waals surface area contributed by atoms with Gasteiger partial charge in [-0.2, -0.15) is 0 Å². The summed E-state index contributed by atoms with van der Waals surface area (Å²) in [6, 6.07) is -0.295. The lowest BCUT2D eigenvalue weighted by molar-refractivity contribution is -0.146. The topological polar surface area (TPSA) is 78.4 Å². The fourth-order valence-electron chi connectivity index (χ4n) is 1.62. The first kappa shape index (κ1) is 13.8. The van der Waals surface area contributed by atoms with Crippen molar-refractivity contribution >= 4 is 12.0 Å². The van der Waals surface area contributed by atoms with Gasteiger partial charge in [-0.3, -0.25) is 4.79 Å². The van der Waals surface area contributed by atoms with Crippen LogP contribution in [0.25, 0.3) is 0 Å². The third-order valence-corrected chi connectivity index (χ3v) is 3.30. The average molecular weight is 242 g/mol. The number of hydrogen-bond acceptors (Lipinski definition) is 2. The van der Waals surface area contributed by atoms with E-state index >= 15 is 0 Å². The molecule has 0 unspecified atom stereocenters. The summed E-state index contributed by atoms with van der Waals surface area (Å²) in [5.41, 5.74) is -1.15. The SMILES string of the molecule is CC(C)(CNC(=O)NC(C)(C)C1CC1)C(=O)O. The molecular formula is C12H22N2O3. The molecule has 0 heterocycles. The Balaban J connectivity index is 2.37. The number of rotatable bonds is 5. The zero-order valence-corrected chi connectivity index (χ0v) is 11.0. The van der Waals surface area contributed by atoms with Crippen molar-refractivity contribution in [3.05, 3.63) is 0 Å². The van der Waals surface area contributed by atoms with E-state index in [4.69, 9.17) is 5.11 Å². The molecule has 0 spiro atoms. The maximum absolute atomic E-state index is 11.6. The van der Waals surface area contributed by atoms with Gasteiger partial charge in [-0.1, -0.05) is 0 Å². The van der Waals surface area contributed by atoms with Crippen molar-refractivity contribution in [2.45, 2.75) is 46.1 Å². The van der Waals surface area contributed by atoms with E-state index in [-0.39, 0.29) is 18.1 Å². The number of urea groups is 1. The van der Waals surface area contributed by atoms with Crippen molar-refractivity contribution in [1.82, 2.24) is 10.6 Å². The summed E-state index contributed by atoms with van der Waals surface area (Å²) in [5, 5.41) is 14.4. The largest absolute Gasteiger partial charge is 0.481 e. The molecule has 0 aliphatic heterocycles. The van der Waals surface area contributed by atoms with Gasteiger partial charge in [-0.25, -0.2) is 4.79 Å². The van der Waals surface area contributed by atoms with Gasteiger partial charge < -0.3 is 15.7 Å². The predicted octanol–water partition coefficient (Wildman–Crippen LogP) is 1.58. The summed E-state index contributed by atoms with van der Waals surface area (Å²) in [6.07, 6.45) is 2.29. The van der Waals surface area contributed by atoms with Crippen LogP contribution in [0.15, 0.2) is 0 Å². The molecule has 1 rings (SSSR count). The number of carbonyl (C=O) groups is 2. The first-order valence-corrected chi connectivity index (χ1v) is 5.94. The molecular weight excluding hydrogens is 220 g/mol. The minimum atomic E-state index is -0.943. The molecule has 3 N–H and O–H groups in total. The summed E-state index contributed by atoms with van der Waals surface area (Å²) in [5.74, 6) is -0.375. The second-order valence-electron chi connectivity index (χ2n) is 5.99. The molecule has 0 radical (unpaired) electrons. The maximum atomic E-state index is 11.6. The van der Waals surface area contributed by atoms with E-state index in [1.54, 1.807) is 13.8 Å². The van der Waals surface area contributed by atoms with Crippen LogP contribution in [0.5, 0.6) is 0 Å². The molecule has 0 aromatic rings. The molecule has 0 bridgehead atoms. The van der Waals surface area contributed by atoms with Crippen molar-refractivity contribution in [3.63, 3.8) is 0 Å². The van der Waals surface area contributed by atoms with E-state index in [1.165, 1.54) is 0 Å². The van der Waals surface area contributed by atoms with Gasteiger partial charge in [0.05, 0.1) is 5.41 Å². The third-order valence-electron chi connectivity index (χ3n) is 3.30. The molecule has 0 saturated heterocycles. The van der Waals surface area contributed by atoms with Crippen LogP contribution < -0.4 is 10.6 Å². The number of carboxylic acid groups (broad SMARTS) is 1. The van der Waals surface area contributed by atoms with Crippen LogP contribution in [0.1, 0.15) is 40.5 Å². The molecule has 5 heteroatoms. The molecule has 0 aromatic carbocycles. The van der Waals surface area contributed by atoms with Gasteiger partial charge in [-0.15, -0.1) is 0 Å². The highest BCUT2D eigenvalue weighted by molar-refractivity contribution is 5.78. The summed E-state index contributed by atoms with van der Waals surface area (Å²) >= 11 is 0. The summed E-state index contributed by atoms with van der Waals surface area (Å²) in [7, 11) is 0. The molecule has 2 amide bonds. The Labute approximate surface area is 102 Å². The Morgan fingerprint density at radius 2 is 1.76 bits per heavy atom. The van der Waals surface area contributed by atoms with Gasteiger partial charge in [0.25, 0.3) is 0 Å². The van der Waals surface area contributed by atoms with Crippen molar-refractivity contribution < 1.29 is 14.7 Å². The summed E-state index contributed by atoms with van der Waals surface area (Å²) < 4.78 is 0. The Morgan fingerprint density at radius 3 is 2.18 bits per heavy atom. The number of nitrogens with one attached hydrogen (secondary N) is 2. The highest BCUT2D eigenvalue weighted by Gasteiger charge is 2.39. The summed E-state index contributed by atoms with van der Waals surface area (Å²) in [6.45, 7) is 7.28. The van der Waals surface area contributed by atoms with Gasteiger partial charge in [0.1, 0.15) is 0 Å². The fourth-order valence-corrected chi connectivity index (χ4v) is 1.62. The lowest BCUT2D eigenvalue weighted by Gasteiger charge is -2.27. The maximum Gasteiger partial charge on any atom is 0.315 e. The highest BCUT2D eigenvalue weighted by Crippen LogP contribution is 2.39. The lowest BCUT2D eigenvalue weighted by atomic mass is 9.94. The van der Waals surface area contributed by atoms with Gasteiger partial charge in [-0.05, 0) is 46.5 Å². The molecule has 1 aliphatic carbocycles. The number of hydrogen-bond donors (Lipinski definition) is 3. The van der Waals surface area contributed by atoms with E-state index < -0.39 is 11.4 Å². The van der Waals surface area contributed by atoms with Gasteiger partial charge in [0, 0.05) is 12.1 Å². The molecule has 1 fully saturated rings. The number of aliphatic carboxylic acids is 1. The lowest BCUT2D eigenvalue weighted by Crippen LogP contribution is -2.52. The Morgan fingerprint density at radius 1 is 1.24 bits per heavy atom.